The van der Waals surface area contributed by atoms with Crippen LogP contribution in [0.4, 0.5) is 11.4 Å². The molecule has 1 saturated carbocycles. The first-order valence-electron chi connectivity index (χ1n) is 7.01. The Hall–Kier alpha value is -0.680. The second-order valence-corrected chi connectivity index (χ2v) is 6.05. The third-order valence-electron chi connectivity index (χ3n) is 3.78. The number of amides is 1. The molecule has 0 bridgehead atoms. The molecule has 3 N–H and O–H groups in total. The molecule has 0 spiro atoms. The molecule has 7 heteroatoms. The fourth-order valence-corrected chi connectivity index (χ4v) is 3.11. The summed E-state index contributed by atoms with van der Waals surface area (Å²) in [6, 6.07) is 5.69. The van der Waals surface area contributed by atoms with Gasteiger partial charge in [0.1, 0.15) is 0 Å². The van der Waals surface area contributed by atoms with E-state index >= 15 is 0 Å². The molecule has 0 aliphatic heterocycles. The Morgan fingerprint density at radius 3 is 2.59 bits per heavy atom. The van der Waals surface area contributed by atoms with Crippen molar-refractivity contribution < 1.29 is 4.79 Å². The first-order valence-corrected chi connectivity index (χ1v) is 7.39. The number of para-hydroxylation sites is 1. The number of benzene rings is 1. The average molecular weight is 369 g/mol. The maximum atomic E-state index is 12.4. The summed E-state index contributed by atoms with van der Waals surface area (Å²) in [5, 5.41) is 3.63. The van der Waals surface area contributed by atoms with E-state index in [9.17, 15) is 4.79 Å². The lowest BCUT2D eigenvalue weighted by Crippen LogP contribution is -2.34. The molecule has 1 aliphatic carbocycles. The van der Waals surface area contributed by atoms with Gasteiger partial charge in [0, 0.05) is 26.1 Å². The Morgan fingerprint density at radius 1 is 1.32 bits per heavy atom. The van der Waals surface area contributed by atoms with Crippen molar-refractivity contribution in [2.24, 2.45) is 11.7 Å². The minimum Gasteiger partial charge on any atom is -0.375 e. The van der Waals surface area contributed by atoms with Crippen molar-refractivity contribution in [3.8, 4) is 0 Å². The fourth-order valence-electron chi connectivity index (χ4n) is 2.77. The van der Waals surface area contributed by atoms with Gasteiger partial charge in [-0.1, -0.05) is 24.1 Å². The predicted molar refractivity (Wildman–Crippen MR) is 98.8 cm³/mol. The van der Waals surface area contributed by atoms with E-state index in [1.54, 1.807) is 0 Å². The van der Waals surface area contributed by atoms with Crippen molar-refractivity contribution >= 4 is 53.7 Å². The van der Waals surface area contributed by atoms with Crippen LogP contribution in [0.5, 0.6) is 0 Å². The number of halogens is 3. The number of nitrogens with zero attached hydrogens (tertiary/aromatic N) is 1. The first kappa shape index (κ1) is 21.3. The molecule has 2 unspecified atom stereocenters. The highest BCUT2D eigenvalue weighted by molar-refractivity contribution is 6.34. The van der Waals surface area contributed by atoms with Gasteiger partial charge in [-0.25, -0.2) is 0 Å². The van der Waals surface area contributed by atoms with Gasteiger partial charge in [-0.05, 0) is 31.4 Å². The van der Waals surface area contributed by atoms with E-state index in [4.69, 9.17) is 17.3 Å². The van der Waals surface area contributed by atoms with E-state index < -0.39 is 0 Å². The van der Waals surface area contributed by atoms with Crippen LogP contribution in [0.1, 0.15) is 25.7 Å². The molecule has 0 saturated heterocycles. The minimum absolute atomic E-state index is 0. The Balaban J connectivity index is 0.00000220. The number of hydrogen-bond donors (Lipinski definition) is 2. The van der Waals surface area contributed by atoms with Gasteiger partial charge in [-0.15, -0.1) is 24.8 Å². The van der Waals surface area contributed by atoms with E-state index in [1.165, 1.54) is 0 Å². The van der Waals surface area contributed by atoms with Crippen LogP contribution in [-0.2, 0) is 4.79 Å². The molecule has 126 valence electrons. The molecule has 2 rings (SSSR count). The van der Waals surface area contributed by atoms with Crippen molar-refractivity contribution in [2.75, 3.05) is 24.3 Å². The summed E-state index contributed by atoms with van der Waals surface area (Å²) in [4.78, 5) is 14.3. The fraction of sp³-hybridized carbons (Fsp3) is 0.533. The van der Waals surface area contributed by atoms with Crippen LogP contribution in [0.15, 0.2) is 18.2 Å². The minimum atomic E-state index is 0. The number of carbonyl (C=O) groups is 1. The van der Waals surface area contributed by atoms with Gasteiger partial charge in [0.2, 0.25) is 5.91 Å². The Kier molecular flexibility index (Phi) is 9.16. The van der Waals surface area contributed by atoms with E-state index in [2.05, 4.69) is 5.32 Å². The number of hydrogen-bond acceptors (Lipinski definition) is 3. The van der Waals surface area contributed by atoms with Crippen LogP contribution in [0.2, 0.25) is 5.02 Å². The quantitative estimate of drug-likeness (QED) is 0.855. The topological polar surface area (TPSA) is 58.4 Å². The normalized spacial score (nSPS) is 20.4. The second kappa shape index (κ2) is 9.46. The van der Waals surface area contributed by atoms with Gasteiger partial charge >= 0.3 is 0 Å². The Labute approximate surface area is 149 Å². The number of nitrogens with one attached hydrogen (secondary N) is 1. The molecule has 1 amide bonds. The average Bonchev–Trinajstić information content (AvgIpc) is 2.38. The number of anilines is 2. The summed E-state index contributed by atoms with van der Waals surface area (Å²) >= 11 is 6.20. The summed E-state index contributed by atoms with van der Waals surface area (Å²) in [7, 11) is 3.82. The van der Waals surface area contributed by atoms with Gasteiger partial charge in [0.15, 0.2) is 0 Å². The highest BCUT2D eigenvalue weighted by atomic mass is 35.5. The van der Waals surface area contributed by atoms with Crippen LogP contribution >= 0.6 is 36.4 Å². The van der Waals surface area contributed by atoms with Gasteiger partial charge < -0.3 is 16.0 Å². The smallest absolute Gasteiger partial charge is 0.227 e. The zero-order valence-corrected chi connectivity index (χ0v) is 15.2. The third kappa shape index (κ3) is 5.20. The summed E-state index contributed by atoms with van der Waals surface area (Å²) in [5.41, 5.74) is 7.54. The summed E-state index contributed by atoms with van der Waals surface area (Å²) in [6.45, 7) is 0. The van der Waals surface area contributed by atoms with Gasteiger partial charge in [0.05, 0.1) is 16.4 Å². The molecule has 1 aliphatic rings. The standard InChI is InChI=1S/C15H22ClN3O.2ClH/c1-19(2)14-12(16)7-4-8-13(14)18-15(20)10-5-3-6-11(17)9-10;;/h4,7-8,10-11H,3,5-6,9,17H2,1-2H3,(H,18,20);2*1H. The predicted octanol–water partition coefficient (Wildman–Crippen LogP) is 3.71. The Morgan fingerprint density at radius 2 is 2.00 bits per heavy atom. The lowest BCUT2D eigenvalue weighted by Gasteiger charge is -2.26. The molecule has 1 aromatic carbocycles. The summed E-state index contributed by atoms with van der Waals surface area (Å²) < 4.78 is 0. The SMILES string of the molecule is CN(C)c1c(Cl)cccc1NC(=O)C1CCCC(N)C1.Cl.Cl. The van der Waals surface area contributed by atoms with Crippen molar-refractivity contribution in [3.05, 3.63) is 23.2 Å². The lowest BCUT2D eigenvalue weighted by atomic mass is 9.85. The molecule has 22 heavy (non-hydrogen) atoms. The van der Waals surface area contributed by atoms with Crippen LogP contribution in [0.25, 0.3) is 0 Å². The molecular weight excluding hydrogens is 345 g/mol. The van der Waals surface area contributed by atoms with Crippen LogP contribution in [-0.4, -0.2) is 26.0 Å². The van der Waals surface area contributed by atoms with Crippen LogP contribution in [0.3, 0.4) is 0 Å². The van der Waals surface area contributed by atoms with Crippen molar-refractivity contribution in [2.45, 2.75) is 31.7 Å². The number of nitrogens with two attached hydrogens (primary N) is 1. The second-order valence-electron chi connectivity index (χ2n) is 5.64. The largest absolute Gasteiger partial charge is 0.375 e. The lowest BCUT2D eigenvalue weighted by molar-refractivity contribution is -0.120. The molecule has 1 fully saturated rings. The van der Waals surface area contributed by atoms with Gasteiger partial charge in [0.25, 0.3) is 0 Å². The highest BCUT2D eigenvalue weighted by Crippen LogP contribution is 2.33. The van der Waals surface area contributed by atoms with Crippen molar-refractivity contribution in [3.63, 3.8) is 0 Å². The van der Waals surface area contributed by atoms with E-state index in [0.29, 0.717) is 5.02 Å². The zero-order valence-electron chi connectivity index (χ0n) is 12.8. The van der Waals surface area contributed by atoms with Crippen molar-refractivity contribution in [1.82, 2.24) is 0 Å². The first-order chi connectivity index (χ1) is 9.49. The van der Waals surface area contributed by atoms with E-state index in [-0.39, 0.29) is 42.7 Å². The van der Waals surface area contributed by atoms with Crippen LogP contribution in [0, 0.1) is 5.92 Å². The molecule has 0 heterocycles. The molecular formula is C15H24Cl3N3O. The highest BCUT2D eigenvalue weighted by Gasteiger charge is 2.26. The summed E-state index contributed by atoms with van der Waals surface area (Å²) in [6.07, 6.45) is 3.72. The third-order valence-corrected chi connectivity index (χ3v) is 4.08. The summed E-state index contributed by atoms with van der Waals surface area (Å²) in [5.74, 6) is 0.0539. The maximum absolute atomic E-state index is 12.4. The number of rotatable bonds is 3. The molecule has 2 atom stereocenters. The van der Waals surface area contributed by atoms with Gasteiger partial charge in [-0.3, -0.25) is 4.79 Å². The van der Waals surface area contributed by atoms with Gasteiger partial charge in [-0.2, -0.15) is 0 Å². The monoisotopic (exact) mass is 367 g/mol. The molecule has 4 nitrogen and oxygen atoms in total. The molecule has 1 aromatic rings. The Bertz CT molecular complexity index is 497. The van der Waals surface area contributed by atoms with Crippen LogP contribution < -0.4 is 16.0 Å². The van der Waals surface area contributed by atoms with Crippen molar-refractivity contribution in [1.29, 1.82) is 0 Å². The van der Waals surface area contributed by atoms with E-state index in [1.807, 2.05) is 37.2 Å². The zero-order chi connectivity index (χ0) is 14.7. The number of carbonyl (C=O) groups excluding carboxylic acids is 1. The molecule has 0 aromatic heterocycles. The van der Waals surface area contributed by atoms with E-state index in [0.717, 1.165) is 37.1 Å². The molecule has 0 radical (unpaired) electrons. The maximum Gasteiger partial charge on any atom is 0.227 e.